The number of alkyl halides is 2. The quantitative estimate of drug-likeness (QED) is 0.617. The molecule has 3 N–H and O–H groups in total. The Balaban J connectivity index is 1.70. The molecule has 2 amide bonds. The molecule has 2 aliphatic heterocycles. The van der Waals surface area contributed by atoms with Gasteiger partial charge in [-0.2, -0.15) is 8.78 Å². The van der Waals surface area contributed by atoms with Gasteiger partial charge in [-0.05, 0) is 74.5 Å². The van der Waals surface area contributed by atoms with Crippen molar-refractivity contribution in [1.29, 1.82) is 0 Å². The summed E-state index contributed by atoms with van der Waals surface area (Å²) < 4.78 is 41.3. The van der Waals surface area contributed by atoms with Gasteiger partial charge in [-0.25, -0.2) is 4.79 Å². The number of halogens is 3. The molecular formula is C22H30BrF2N3O4. The van der Waals surface area contributed by atoms with E-state index in [1.165, 1.54) is 30.2 Å². The van der Waals surface area contributed by atoms with Crippen LogP contribution < -0.4 is 15.8 Å². The highest BCUT2D eigenvalue weighted by molar-refractivity contribution is 9.10. The van der Waals surface area contributed by atoms with Gasteiger partial charge >= 0.3 is 6.09 Å². The Kier molecular flexibility index (Phi) is 7.05. The number of rotatable bonds is 5. The lowest BCUT2D eigenvalue weighted by atomic mass is 9.94. The maximum Gasteiger partial charge on any atom is 0.407 e. The van der Waals surface area contributed by atoms with E-state index < -0.39 is 29.6 Å². The SMILES string of the molecule is COc1cc(C(F)(F)C(N)C(=O)N2C3CCC2CC(NC(=O)OC(C)(C)C)C3)ccc1Br. The normalized spacial score (nSPS) is 24.1. The fourth-order valence-electron chi connectivity index (χ4n) is 4.49. The summed E-state index contributed by atoms with van der Waals surface area (Å²) in [4.78, 5) is 26.7. The number of methoxy groups -OCH3 is 1. The Morgan fingerprint density at radius 3 is 2.34 bits per heavy atom. The van der Waals surface area contributed by atoms with Crippen molar-refractivity contribution in [3.8, 4) is 5.75 Å². The predicted molar refractivity (Wildman–Crippen MR) is 119 cm³/mol. The summed E-state index contributed by atoms with van der Waals surface area (Å²) >= 11 is 3.23. The summed E-state index contributed by atoms with van der Waals surface area (Å²) in [5, 5.41) is 2.84. The van der Waals surface area contributed by atoms with Crippen LogP contribution in [0, 0.1) is 0 Å². The summed E-state index contributed by atoms with van der Waals surface area (Å²) in [5.74, 6) is -4.12. The fraction of sp³-hybridized carbons (Fsp3) is 0.636. The van der Waals surface area contributed by atoms with Crippen molar-refractivity contribution in [2.75, 3.05) is 7.11 Å². The Morgan fingerprint density at radius 2 is 1.81 bits per heavy atom. The zero-order valence-electron chi connectivity index (χ0n) is 18.7. The van der Waals surface area contributed by atoms with Crippen LogP contribution in [0.15, 0.2) is 22.7 Å². The van der Waals surface area contributed by atoms with Crippen LogP contribution in [0.5, 0.6) is 5.75 Å². The number of fused-ring (bicyclic) bond motifs is 2. The molecule has 2 fully saturated rings. The number of nitrogens with zero attached hydrogens (tertiary/aromatic N) is 1. The lowest BCUT2D eigenvalue weighted by molar-refractivity contribution is -0.147. The highest BCUT2D eigenvalue weighted by atomic mass is 79.9. The van der Waals surface area contributed by atoms with Crippen LogP contribution in [0.3, 0.4) is 0 Å². The number of nitrogens with two attached hydrogens (primary N) is 1. The number of hydrogen-bond acceptors (Lipinski definition) is 5. The topological polar surface area (TPSA) is 93.9 Å². The van der Waals surface area contributed by atoms with Gasteiger partial charge in [0.1, 0.15) is 11.4 Å². The molecule has 0 aliphatic carbocycles. The molecule has 0 saturated carbocycles. The van der Waals surface area contributed by atoms with E-state index in [2.05, 4.69) is 21.2 Å². The van der Waals surface area contributed by atoms with Gasteiger partial charge in [-0.3, -0.25) is 4.79 Å². The van der Waals surface area contributed by atoms with Gasteiger partial charge in [-0.1, -0.05) is 6.07 Å². The molecule has 0 aromatic heterocycles. The van der Waals surface area contributed by atoms with E-state index >= 15 is 8.78 Å². The number of hydrogen-bond donors (Lipinski definition) is 2. The molecule has 2 bridgehead atoms. The van der Waals surface area contributed by atoms with Crippen molar-refractivity contribution in [2.45, 2.75) is 82.1 Å². The number of ether oxygens (including phenoxy) is 2. The summed E-state index contributed by atoms with van der Waals surface area (Å²) in [5.41, 5.74) is 4.84. The summed E-state index contributed by atoms with van der Waals surface area (Å²) in [7, 11) is 1.38. The minimum atomic E-state index is -3.57. The largest absolute Gasteiger partial charge is 0.496 e. The van der Waals surface area contributed by atoms with Gasteiger partial charge < -0.3 is 25.4 Å². The first kappa shape index (κ1) is 24.7. The van der Waals surface area contributed by atoms with Crippen molar-refractivity contribution >= 4 is 27.9 Å². The number of carbonyl (C=O) groups is 2. The predicted octanol–water partition coefficient (Wildman–Crippen LogP) is 3.92. The number of piperidine rings is 1. The molecule has 32 heavy (non-hydrogen) atoms. The second kappa shape index (κ2) is 9.13. The highest BCUT2D eigenvalue weighted by Gasteiger charge is 2.51. The van der Waals surface area contributed by atoms with Crippen LogP contribution in [0.2, 0.25) is 0 Å². The number of nitrogens with one attached hydrogen (secondary N) is 1. The summed E-state index contributed by atoms with van der Waals surface area (Å²) in [6, 6.07) is 1.15. The molecule has 1 aromatic carbocycles. The van der Waals surface area contributed by atoms with Crippen molar-refractivity contribution in [2.24, 2.45) is 5.73 Å². The fourth-order valence-corrected chi connectivity index (χ4v) is 4.90. The zero-order chi connectivity index (χ0) is 23.8. The van der Waals surface area contributed by atoms with Crippen LogP contribution in [-0.2, 0) is 15.5 Å². The maximum absolute atomic E-state index is 15.2. The van der Waals surface area contributed by atoms with Crippen molar-refractivity contribution in [1.82, 2.24) is 10.2 Å². The second-order valence-corrected chi connectivity index (χ2v) is 10.2. The Morgan fingerprint density at radius 1 is 1.22 bits per heavy atom. The van der Waals surface area contributed by atoms with Gasteiger partial charge in [-0.15, -0.1) is 0 Å². The van der Waals surface area contributed by atoms with Gasteiger partial charge in [0.2, 0.25) is 5.91 Å². The molecule has 2 heterocycles. The molecule has 2 aliphatic rings. The van der Waals surface area contributed by atoms with Crippen LogP contribution in [0.4, 0.5) is 13.6 Å². The minimum absolute atomic E-state index is 0.182. The van der Waals surface area contributed by atoms with Gasteiger partial charge in [0.05, 0.1) is 11.6 Å². The standard InChI is InChI=1S/C22H30BrF2N3O4/c1-21(2,3)32-20(30)27-13-10-14-6-7-15(11-13)28(14)19(29)18(26)22(24,25)12-5-8-16(23)17(9-12)31-4/h5,8-9,13-15,18H,6-7,10-11,26H2,1-4H3,(H,27,30). The molecule has 3 unspecified atom stereocenters. The average molecular weight is 518 g/mol. The van der Waals surface area contributed by atoms with E-state index in [9.17, 15) is 9.59 Å². The van der Waals surface area contributed by atoms with E-state index in [4.69, 9.17) is 15.2 Å². The molecule has 10 heteroatoms. The van der Waals surface area contributed by atoms with Gasteiger partial charge in [0.25, 0.3) is 5.92 Å². The lowest BCUT2D eigenvalue weighted by Crippen LogP contribution is -2.59. The molecule has 7 nitrogen and oxygen atoms in total. The average Bonchev–Trinajstić information content (AvgIpc) is 2.96. The zero-order valence-corrected chi connectivity index (χ0v) is 20.2. The molecular weight excluding hydrogens is 488 g/mol. The van der Waals surface area contributed by atoms with Gasteiger partial charge in [0, 0.05) is 23.7 Å². The van der Waals surface area contributed by atoms with Crippen molar-refractivity contribution in [3.63, 3.8) is 0 Å². The first-order valence-electron chi connectivity index (χ1n) is 10.6. The Hall–Kier alpha value is -1.94. The van der Waals surface area contributed by atoms with E-state index in [-0.39, 0.29) is 29.4 Å². The Bertz CT molecular complexity index is 863. The molecule has 0 spiro atoms. The van der Waals surface area contributed by atoms with E-state index in [0.29, 0.717) is 30.2 Å². The number of carbonyl (C=O) groups excluding carboxylic acids is 2. The third-order valence-corrected chi connectivity index (χ3v) is 6.56. The molecule has 2 saturated heterocycles. The maximum atomic E-state index is 15.2. The smallest absolute Gasteiger partial charge is 0.407 e. The molecule has 0 radical (unpaired) electrons. The molecule has 1 aromatic rings. The highest BCUT2D eigenvalue weighted by Crippen LogP contribution is 2.40. The second-order valence-electron chi connectivity index (χ2n) is 9.40. The van der Waals surface area contributed by atoms with Crippen molar-refractivity contribution < 1.29 is 27.8 Å². The van der Waals surface area contributed by atoms with Crippen LogP contribution in [-0.4, -0.2) is 53.8 Å². The van der Waals surface area contributed by atoms with Crippen LogP contribution in [0.25, 0.3) is 0 Å². The van der Waals surface area contributed by atoms with Crippen molar-refractivity contribution in [3.05, 3.63) is 28.2 Å². The molecule has 178 valence electrons. The first-order chi connectivity index (χ1) is 14.8. The molecule has 3 atom stereocenters. The summed E-state index contributed by atoms with van der Waals surface area (Å²) in [6.07, 6.45) is 1.81. The van der Waals surface area contributed by atoms with E-state index in [1.807, 2.05) is 0 Å². The van der Waals surface area contributed by atoms with E-state index in [1.54, 1.807) is 20.8 Å². The van der Waals surface area contributed by atoms with Crippen LogP contribution >= 0.6 is 15.9 Å². The molecule has 3 rings (SSSR count). The number of alkyl carbamates (subject to hydrolysis) is 1. The Labute approximate surface area is 195 Å². The van der Waals surface area contributed by atoms with Crippen LogP contribution in [0.1, 0.15) is 52.0 Å². The summed E-state index contributed by atoms with van der Waals surface area (Å²) in [6.45, 7) is 5.33. The third kappa shape index (κ3) is 5.17. The number of benzene rings is 1. The van der Waals surface area contributed by atoms with E-state index in [0.717, 1.165) is 0 Å². The minimum Gasteiger partial charge on any atom is -0.496 e. The third-order valence-electron chi connectivity index (χ3n) is 5.90. The van der Waals surface area contributed by atoms with Gasteiger partial charge in [0.15, 0.2) is 6.04 Å². The monoisotopic (exact) mass is 517 g/mol. The first-order valence-corrected chi connectivity index (χ1v) is 11.4. The number of amides is 2. The lowest BCUT2D eigenvalue weighted by Gasteiger charge is -2.41.